The van der Waals surface area contributed by atoms with Crippen LogP contribution in [-0.4, -0.2) is 48.3 Å². The molecule has 0 aliphatic carbocycles. The van der Waals surface area contributed by atoms with E-state index < -0.39 is 0 Å². The van der Waals surface area contributed by atoms with Gasteiger partial charge >= 0.3 is 0 Å². The molecule has 1 rings (SSSR count). The van der Waals surface area contributed by atoms with E-state index in [0.717, 1.165) is 32.3 Å². The summed E-state index contributed by atoms with van der Waals surface area (Å²) in [6.45, 7) is 2.84. The molecule has 15 heavy (non-hydrogen) atoms. The van der Waals surface area contributed by atoms with E-state index in [4.69, 9.17) is 19.7 Å². The lowest BCUT2D eigenvalue weighted by atomic mass is 10.0. The molecule has 1 heterocycles. The Bertz CT molecular complexity index is 161. The first-order chi connectivity index (χ1) is 7.31. The first kappa shape index (κ1) is 12.9. The van der Waals surface area contributed by atoms with Gasteiger partial charge in [0.1, 0.15) is 6.10 Å². The molecule has 0 amide bonds. The normalized spacial score (nSPS) is 31.8. The van der Waals surface area contributed by atoms with Crippen molar-refractivity contribution in [3.05, 3.63) is 0 Å². The van der Waals surface area contributed by atoms with Crippen molar-refractivity contribution in [1.29, 1.82) is 0 Å². The van der Waals surface area contributed by atoms with Gasteiger partial charge in [0.05, 0.1) is 25.4 Å². The van der Waals surface area contributed by atoms with Crippen molar-refractivity contribution >= 4 is 0 Å². The average Bonchev–Trinajstić information content (AvgIpc) is 2.29. The quantitative estimate of drug-likeness (QED) is 0.644. The van der Waals surface area contributed by atoms with Gasteiger partial charge in [-0.05, 0) is 19.3 Å². The summed E-state index contributed by atoms with van der Waals surface area (Å²) in [4.78, 5) is 0. The fourth-order valence-corrected chi connectivity index (χ4v) is 1.80. The summed E-state index contributed by atoms with van der Waals surface area (Å²) in [5, 5.41) is 18.1. The molecule has 0 bridgehead atoms. The Morgan fingerprint density at radius 1 is 1.27 bits per heavy atom. The maximum atomic E-state index is 9.14. The standard InChI is InChI=1S/C11H22O4/c1-2-3-6-14-10-5-4-9(7-12)15-11(10)8-13/h9-13H,2-8H2,1H3/t9-,10+,11?/m0/s1. The fraction of sp³-hybridized carbons (Fsp3) is 1.00. The van der Waals surface area contributed by atoms with Crippen molar-refractivity contribution in [3.8, 4) is 0 Å². The molecule has 0 aromatic carbocycles. The largest absolute Gasteiger partial charge is 0.394 e. The SMILES string of the molecule is CCCCO[C@@H]1CC[C@@H](CO)OC1CO. The number of unbranched alkanes of at least 4 members (excludes halogenated alkanes) is 1. The zero-order valence-electron chi connectivity index (χ0n) is 9.39. The number of ether oxygens (including phenoxy) is 2. The highest BCUT2D eigenvalue weighted by Crippen LogP contribution is 2.22. The number of hydrogen-bond donors (Lipinski definition) is 2. The van der Waals surface area contributed by atoms with Gasteiger partial charge in [-0.3, -0.25) is 0 Å². The van der Waals surface area contributed by atoms with Gasteiger partial charge in [-0.25, -0.2) is 0 Å². The lowest BCUT2D eigenvalue weighted by Gasteiger charge is -2.34. The predicted molar refractivity (Wildman–Crippen MR) is 56.7 cm³/mol. The molecule has 0 saturated carbocycles. The Kier molecular flexibility index (Phi) is 6.17. The zero-order chi connectivity index (χ0) is 11.1. The van der Waals surface area contributed by atoms with E-state index in [1.165, 1.54) is 0 Å². The van der Waals surface area contributed by atoms with Crippen LogP contribution in [0.25, 0.3) is 0 Å². The van der Waals surface area contributed by atoms with Gasteiger partial charge in [0.2, 0.25) is 0 Å². The molecule has 0 aromatic rings. The first-order valence-corrected chi connectivity index (χ1v) is 5.80. The van der Waals surface area contributed by atoms with Gasteiger partial charge in [0.25, 0.3) is 0 Å². The Hall–Kier alpha value is -0.160. The van der Waals surface area contributed by atoms with Crippen LogP contribution >= 0.6 is 0 Å². The lowest BCUT2D eigenvalue weighted by Crippen LogP contribution is -2.43. The predicted octanol–water partition coefficient (Wildman–Crippen LogP) is 0.704. The zero-order valence-corrected chi connectivity index (χ0v) is 9.39. The van der Waals surface area contributed by atoms with Gasteiger partial charge in [-0.2, -0.15) is 0 Å². The molecule has 0 radical (unpaired) electrons. The van der Waals surface area contributed by atoms with E-state index in [2.05, 4.69) is 6.92 Å². The molecular formula is C11H22O4. The third-order valence-corrected chi connectivity index (χ3v) is 2.77. The molecule has 3 atom stereocenters. The maximum Gasteiger partial charge on any atom is 0.107 e. The van der Waals surface area contributed by atoms with Crippen LogP contribution in [0.5, 0.6) is 0 Å². The van der Waals surface area contributed by atoms with Crippen molar-refractivity contribution < 1.29 is 19.7 Å². The Labute approximate surface area is 91.2 Å². The summed E-state index contributed by atoms with van der Waals surface area (Å²) in [6, 6.07) is 0. The highest BCUT2D eigenvalue weighted by Gasteiger charge is 2.30. The topological polar surface area (TPSA) is 58.9 Å². The monoisotopic (exact) mass is 218 g/mol. The average molecular weight is 218 g/mol. The smallest absolute Gasteiger partial charge is 0.107 e. The van der Waals surface area contributed by atoms with E-state index in [1.54, 1.807) is 0 Å². The van der Waals surface area contributed by atoms with Crippen molar-refractivity contribution in [1.82, 2.24) is 0 Å². The van der Waals surface area contributed by atoms with Crippen LogP contribution in [0, 0.1) is 0 Å². The number of rotatable bonds is 6. The number of hydrogen-bond acceptors (Lipinski definition) is 4. The van der Waals surface area contributed by atoms with Crippen LogP contribution in [0.1, 0.15) is 32.6 Å². The highest BCUT2D eigenvalue weighted by atomic mass is 16.6. The third kappa shape index (κ3) is 4.07. The molecule has 4 heteroatoms. The van der Waals surface area contributed by atoms with Crippen LogP contribution < -0.4 is 0 Å². The summed E-state index contributed by atoms with van der Waals surface area (Å²) < 4.78 is 11.2. The minimum Gasteiger partial charge on any atom is -0.394 e. The van der Waals surface area contributed by atoms with E-state index in [-0.39, 0.29) is 31.5 Å². The number of aliphatic hydroxyl groups excluding tert-OH is 2. The van der Waals surface area contributed by atoms with Crippen molar-refractivity contribution in [2.24, 2.45) is 0 Å². The highest BCUT2D eigenvalue weighted by molar-refractivity contribution is 4.79. The summed E-state index contributed by atoms with van der Waals surface area (Å²) in [7, 11) is 0. The van der Waals surface area contributed by atoms with Crippen molar-refractivity contribution in [2.45, 2.75) is 50.9 Å². The summed E-state index contributed by atoms with van der Waals surface area (Å²) in [5.74, 6) is 0. The van der Waals surface area contributed by atoms with Crippen molar-refractivity contribution in [3.63, 3.8) is 0 Å². The lowest BCUT2D eigenvalue weighted by molar-refractivity contribution is -0.162. The molecule has 1 aliphatic heterocycles. The van der Waals surface area contributed by atoms with Crippen LogP contribution in [0.3, 0.4) is 0 Å². The van der Waals surface area contributed by atoms with E-state index in [0.29, 0.717) is 0 Å². The molecule has 2 N–H and O–H groups in total. The van der Waals surface area contributed by atoms with Gasteiger partial charge in [-0.1, -0.05) is 13.3 Å². The molecule has 1 aliphatic rings. The molecule has 90 valence electrons. The van der Waals surface area contributed by atoms with Crippen LogP contribution in [0.15, 0.2) is 0 Å². The van der Waals surface area contributed by atoms with Crippen molar-refractivity contribution in [2.75, 3.05) is 19.8 Å². The Morgan fingerprint density at radius 2 is 2.07 bits per heavy atom. The molecule has 4 nitrogen and oxygen atoms in total. The van der Waals surface area contributed by atoms with E-state index >= 15 is 0 Å². The second-order valence-corrected chi connectivity index (χ2v) is 4.00. The van der Waals surface area contributed by atoms with Crippen LogP contribution in [0.2, 0.25) is 0 Å². The maximum absolute atomic E-state index is 9.14. The second kappa shape index (κ2) is 7.17. The molecule has 0 aromatic heterocycles. The Morgan fingerprint density at radius 3 is 2.67 bits per heavy atom. The third-order valence-electron chi connectivity index (χ3n) is 2.77. The van der Waals surface area contributed by atoms with Gasteiger partial charge in [0.15, 0.2) is 0 Å². The molecule has 1 fully saturated rings. The van der Waals surface area contributed by atoms with Crippen LogP contribution in [-0.2, 0) is 9.47 Å². The van der Waals surface area contributed by atoms with E-state index in [9.17, 15) is 0 Å². The minimum atomic E-state index is -0.271. The fourth-order valence-electron chi connectivity index (χ4n) is 1.80. The summed E-state index contributed by atoms with van der Waals surface area (Å²) >= 11 is 0. The molecular weight excluding hydrogens is 196 g/mol. The summed E-state index contributed by atoms with van der Waals surface area (Å²) in [5.41, 5.74) is 0. The Balaban J connectivity index is 2.30. The molecule has 0 spiro atoms. The first-order valence-electron chi connectivity index (χ1n) is 5.80. The number of aliphatic hydroxyl groups is 2. The van der Waals surface area contributed by atoms with Gasteiger partial charge in [0, 0.05) is 6.61 Å². The summed E-state index contributed by atoms with van der Waals surface area (Å²) in [6.07, 6.45) is 3.41. The molecule has 1 saturated heterocycles. The second-order valence-electron chi connectivity index (χ2n) is 4.00. The van der Waals surface area contributed by atoms with E-state index in [1.807, 2.05) is 0 Å². The minimum absolute atomic E-state index is 0.00986. The van der Waals surface area contributed by atoms with Crippen LogP contribution in [0.4, 0.5) is 0 Å². The van der Waals surface area contributed by atoms with Gasteiger partial charge < -0.3 is 19.7 Å². The van der Waals surface area contributed by atoms with Gasteiger partial charge in [-0.15, -0.1) is 0 Å². The molecule has 1 unspecified atom stereocenters.